The van der Waals surface area contributed by atoms with Gasteiger partial charge in [0.25, 0.3) is 0 Å². The molecule has 1 saturated carbocycles. The molecule has 1 aromatic rings. The summed E-state index contributed by atoms with van der Waals surface area (Å²) in [5, 5.41) is 8.01. The number of nitrogens with one attached hydrogen (secondary N) is 1. The first-order valence-corrected chi connectivity index (χ1v) is 8.66. The van der Waals surface area contributed by atoms with Crippen molar-refractivity contribution in [1.29, 1.82) is 0 Å². The molecule has 0 saturated heterocycles. The summed E-state index contributed by atoms with van der Waals surface area (Å²) in [5.74, 6) is 0.765. The van der Waals surface area contributed by atoms with Gasteiger partial charge in [0, 0.05) is 12.6 Å². The van der Waals surface area contributed by atoms with E-state index >= 15 is 0 Å². The van der Waals surface area contributed by atoms with Gasteiger partial charge in [-0.05, 0) is 73.6 Å². The van der Waals surface area contributed by atoms with Crippen LogP contribution in [0.2, 0.25) is 0 Å². The maximum Gasteiger partial charge on any atom is 0.0244 e. The van der Waals surface area contributed by atoms with Crippen molar-refractivity contribution in [3.8, 4) is 0 Å². The van der Waals surface area contributed by atoms with Crippen molar-refractivity contribution >= 4 is 11.3 Å². The fourth-order valence-corrected chi connectivity index (χ4v) is 3.06. The predicted octanol–water partition coefficient (Wildman–Crippen LogP) is 3.74. The molecule has 0 unspecified atom stereocenters. The molecule has 0 bridgehead atoms. The fraction of sp³-hybridized carbons (Fsp3) is 0.750. The molecule has 0 aromatic carbocycles. The SMILES string of the molecule is CC(C)CNCCCCN(Cc1ccsc1)C1CC1. The lowest BCUT2D eigenvalue weighted by atomic mass is 10.2. The average molecular weight is 280 g/mol. The highest BCUT2D eigenvalue weighted by Gasteiger charge is 2.28. The highest BCUT2D eigenvalue weighted by molar-refractivity contribution is 7.07. The molecule has 0 atom stereocenters. The third-order valence-corrected chi connectivity index (χ3v) is 4.36. The van der Waals surface area contributed by atoms with Gasteiger partial charge in [0.15, 0.2) is 0 Å². The second kappa shape index (κ2) is 8.03. The molecular formula is C16H28N2S. The minimum absolute atomic E-state index is 0.765. The van der Waals surface area contributed by atoms with Crippen LogP contribution in [-0.4, -0.2) is 30.6 Å². The normalized spacial score (nSPS) is 15.6. The van der Waals surface area contributed by atoms with Crippen molar-refractivity contribution in [3.05, 3.63) is 22.4 Å². The van der Waals surface area contributed by atoms with Crippen molar-refractivity contribution in [3.63, 3.8) is 0 Å². The van der Waals surface area contributed by atoms with E-state index < -0.39 is 0 Å². The van der Waals surface area contributed by atoms with Gasteiger partial charge in [-0.25, -0.2) is 0 Å². The average Bonchev–Trinajstić information content (AvgIpc) is 3.10. The third-order valence-electron chi connectivity index (χ3n) is 3.63. The summed E-state index contributed by atoms with van der Waals surface area (Å²) < 4.78 is 0. The van der Waals surface area contributed by atoms with Gasteiger partial charge in [0.1, 0.15) is 0 Å². The van der Waals surface area contributed by atoms with Crippen molar-refractivity contribution in [2.75, 3.05) is 19.6 Å². The second-order valence-corrected chi connectivity index (χ2v) is 6.92. The lowest BCUT2D eigenvalue weighted by molar-refractivity contribution is 0.249. The van der Waals surface area contributed by atoms with Crippen molar-refractivity contribution in [1.82, 2.24) is 10.2 Å². The predicted molar refractivity (Wildman–Crippen MR) is 84.7 cm³/mol. The summed E-state index contributed by atoms with van der Waals surface area (Å²) in [6.07, 6.45) is 5.46. The zero-order valence-corrected chi connectivity index (χ0v) is 13.2. The molecular weight excluding hydrogens is 252 g/mol. The van der Waals surface area contributed by atoms with Crippen LogP contribution in [0.25, 0.3) is 0 Å². The first-order chi connectivity index (χ1) is 9.25. The van der Waals surface area contributed by atoms with E-state index in [4.69, 9.17) is 0 Å². The van der Waals surface area contributed by atoms with Crippen LogP contribution in [0.3, 0.4) is 0 Å². The number of hydrogen-bond acceptors (Lipinski definition) is 3. The minimum atomic E-state index is 0.765. The van der Waals surface area contributed by atoms with E-state index in [0.29, 0.717) is 0 Å². The number of nitrogens with zero attached hydrogens (tertiary/aromatic N) is 1. The molecule has 0 aliphatic heterocycles. The summed E-state index contributed by atoms with van der Waals surface area (Å²) in [7, 11) is 0. The first-order valence-electron chi connectivity index (χ1n) is 7.71. The van der Waals surface area contributed by atoms with Crippen molar-refractivity contribution in [2.45, 2.75) is 52.1 Å². The molecule has 19 heavy (non-hydrogen) atoms. The van der Waals surface area contributed by atoms with E-state index in [1.165, 1.54) is 44.3 Å². The maximum absolute atomic E-state index is 3.53. The number of unbranched alkanes of at least 4 members (excludes halogenated alkanes) is 1. The standard InChI is InChI=1S/C16H28N2S/c1-14(2)11-17-8-3-4-9-18(16-5-6-16)12-15-7-10-19-13-15/h7,10,13-14,16-17H,3-6,8-9,11-12H2,1-2H3. The van der Waals surface area contributed by atoms with Crippen LogP contribution in [0.1, 0.15) is 45.1 Å². The molecule has 1 aliphatic carbocycles. The van der Waals surface area contributed by atoms with Crippen LogP contribution in [0.15, 0.2) is 16.8 Å². The van der Waals surface area contributed by atoms with E-state index in [0.717, 1.165) is 25.0 Å². The highest BCUT2D eigenvalue weighted by atomic mass is 32.1. The van der Waals surface area contributed by atoms with Gasteiger partial charge in [-0.2, -0.15) is 11.3 Å². The second-order valence-electron chi connectivity index (χ2n) is 6.14. The Morgan fingerprint density at radius 1 is 1.37 bits per heavy atom. The summed E-state index contributed by atoms with van der Waals surface area (Å²) in [5.41, 5.74) is 1.50. The highest BCUT2D eigenvalue weighted by Crippen LogP contribution is 2.28. The van der Waals surface area contributed by atoms with Gasteiger partial charge < -0.3 is 5.32 Å². The van der Waals surface area contributed by atoms with Gasteiger partial charge in [0.2, 0.25) is 0 Å². The summed E-state index contributed by atoms with van der Waals surface area (Å²) in [4.78, 5) is 2.69. The molecule has 1 heterocycles. The largest absolute Gasteiger partial charge is 0.316 e. The molecule has 2 rings (SSSR count). The molecule has 108 valence electrons. The van der Waals surface area contributed by atoms with Gasteiger partial charge >= 0.3 is 0 Å². The monoisotopic (exact) mass is 280 g/mol. The maximum atomic E-state index is 3.53. The Balaban J connectivity index is 1.59. The van der Waals surface area contributed by atoms with Crippen LogP contribution in [-0.2, 0) is 6.54 Å². The Labute approximate surface area is 122 Å². The van der Waals surface area contributed by atoms with Crippen LogP contribution in [0, 0.1) is 5.92 Å². The lowest BCUT2D eigenvalue weighted by Gasteiger charge is -2.21. The molecule has 2 nitrogen and oxygen atoms in total. The van der Waals surface area contributed by atoms with Crippen LogP contribution < -0.4 is 5.32 Å². The Bertz CT molecular complexity index is 331. The van der Waals surface area contributed by atoms with Crippen LogP contribution in [0.4, 0.5) is 0 Å². The van der Waals surface area contributed by atoms with Gasteiger partial charge in [-0.3, -0.25) is 4.90 Å². The summed E-state index contributed by atoms with van der Waals surface area (Å²) in [6, 6.07) is 3.15. The summed E-state index contributed by atoms with van der Waals surface area (Å²) in [6.45, 7) is 9.29. The minimum Gasteiger partial charge on any atom is -0.316 e. The zero-order chi connectivity index (χ0) is 13.5. The molecule has 0 amide bonds. The first kappa shape index (κ1) is 15.0. The molecule has 0 radical (unpaired) electrons. The quantitative estimate of drug-likeness (QED) is 0.657. The van der Waals surface area contributed by atoms with Crippen molar-refractivity contribution in [2.24, 2.45) is 5.92 Å². The Hall–Kier alpha value is -0.380. The Kier molecular flexibility index (Phi) is 6.35. The smallest absolute Gasteiger partial charge is 0.0244 e. The van der Waals surface area contributed by atoms with Gasteiger partial charge in [-0.15, -0.1) is 0 Å². The molecule has 1 fully saturated rings. The third kappa shape index (κ3) is 6.07. The number of rotatable bonds is 10. The van der Waals surface area contributed by atoms with Crippen LogP contribution in [0.5, 0.6) is 0 Å². The molecule has 0 spiro atoms. The van der Waals surface area contributed by atoms with E-state index in [9.17, 15) is 0 Å². The van der Waals surface area contributed by atoms with Gasteiger partial charge in [-0.1, -0.05) is 13.8 Å². The van der Waals surface area contributed by atoms with E-state index in [-0.39, 0.29) is 0 Å². The number of thiophene rings is 1. The van der Waals surface area contributed by atoms with Crippen molar-refractivity contribution < 1.29 is 0 Å². The molecule has 1 N–H and O–H groups in total. The van der Waals surface area contributed by atoms with Gasteiger partial charge in [0.05, 0.1) is 0 Å². The van der Waals surface area contributed by atoms with E-state index in [1.807, 2.05) is 11.3 Å². The topological polar surface area (TPSA) is 15.3 Å². The molecule has 1 aliphatic rings. The lowest BCUT2D eigenvalue weighted by Crippen LogP contribution is -2.27. The van der Waals surface area contributed by atoms with E-state index in [2.05, 4.69) is 40.9 Å². The molecule has 3 heteroatoms. The zero-order valence-electron chi connectivity index (χ0n) is 12.4. The Morgan fingerprint density at radius 3 is 2.84 bits per heavy atom. The van der Waals surface area contributed by atoms with Crippen LogP contribution >= 0.6 is 11.3 Å². The fourth-order valence-electron chi connectivity index (χ4n) is 2.40. The Morgan fingerprint density at radius 2 is 2.21 bits per heavy atom. The number of hydrogen-bond donors (Lipinski definition) is 1. The summed E-state index contributed by atoms with van der Waals surface area (Å²) >= 11 is 1.81. The molecule has 1 aromatic heterocycles. The van der Waals surface area contributed by atoms with E-state index in [1.54, 1.807) is 0 Å².